The molecular weight excluding hydrogens is 354 g/mol. The minimum Gasteiger partial charge on any atom is -0.372 e. The Bertz CT molecular complexity index is 952. The van der Waals surface area contributed by atoms with Crippen LogP contribution in [0.2, 0.25) is 0 Å². The summed E-state index contributed by atoms with van der Waals surface area (Å²) < 4.78 is 1.59. The van der Waals surface area contributed by atoms with Gasteiger partial charge in [-0.2, -0.15) is 9.50 Å². The molecule has 0 spiro atoms. The maximum atomic E-state index is 12.4. The van der Waals surface area contributed by atoms with E-state index in [-0.39, 0.29) is 18.3 Å². The summed E-state index contributed by atoms with van der Waals surface area (Å²) in [6.45, 7) is 8.37. The molecule has 28 heavy (non-hydrogen) atoms. The van der Waals surface area contributed by atoms with Gasteiger partial charge in [-0.05, 0) is 39.3 Å². The van der Waals surface area contributed by atoms with Crippen molar-refractivity contribution in [2.24, 2.45) is 0 Å². The van der Waals surface area contributed by atoms with E-state index in [1.54, 1.807) is 4.52 Å². The largest absolute Gasteiger partial charge is 0.372 e. The lowest BCUT2D eigenvalue weighted by atomic mass is 10.1. The number of carbonyl (C=O) groups is 1. The SMILES string of the molecule is CCN(CCCNC(=O)Cc1c(C)nc2nc(N)nn2c1C)c1ccccc1. The van der Waals surface area contributed by atoms with Gasteiger partial charge in [-0.1, -0.05) is 18.2 Å². The number of carbonyl (C=O) groups excluding carboxylic acids is 1. The zero-order valence-electron chi connectivity index (χ0n) is 16.6. The maximum Gasteiger partial charge on any atom is 0.254 e. The molecule has 0 saturated carbocycles. The number of para-hydroxylation sites is 1. The average Bonchev–Trinajstić information content (AvgIpc) is 3.06. The molecule has 1 amide bonds. The molecule has 0 aliphatic heterocycles. The Balaban J connectivity index is 1.54. The molecule has 148 valence electrons. The van der Waals surface area contributed by atoms with Crippen LogP contribution < -0.4 is 16.0 Å². The van der Waals surface area contributed by atoms with Gasteiger partial charge in [0.2, 0.25) is 11.9 Å². The number of aryl methyl sites for hydroxylation is 2. The smallest absolute Gasteiger partial charge is 0.254 e. The highest BCUT2D eigenvalue weighted by atomic mass is 16.1. The minimum atomic E-state index is -0.0248. The quantitative estimate of drug-likeness (QED) is 0.578. The van der Waals surface area contributed by atoms with Crippen LogP contribution >= 0.6 is 0 Å². The molecule has 0 bridgehead atoms. The van der Waals surface area contributed by atoms with Crippen LogP contribution in [-0.2, 0) is 11.2 Å². The number of aromatic nitrogens is 4. The third kappa shape index (κ3) is 4.39. The van der Waals surface area contributed by atoms with Crippen molar-refractivity contribution in [3.8, 4) is 0 Å². The Hall–Kier alpha value is -3.16. The molecule has 0 radical (unpaired) electrons. The third-order valence-electron chi connectivity index (χ3n) is 4.83. The minimum absolute atomic E-state index is 0.0248. The van der Waals surface area contributed by atoms with Crippen LogP contribution in [0.15, 0.2) is 30.3 Å². The van der Waals surface area contributed by atoms with Crippen LogP contribution in [0, 0.1) is 13.8 Å². The third-order valence-corrected chi connectivity index (χ3v) is 4.83. The Morgan fingerprint density at radius 3 is 2.68 bits per heavy atom. The van der Waals surface area contributed by atoms with Crippen LogP contribution in [0.5, 0.6) is 0 Å². The molecule has 8 nitrogen and oxygen atoms in total. The number of benzene rings is 1. The van der Waals surface area contributed by atoms with Crippen molar-refractivity contribution >= 4 is 23.3 Å². The number of nitrogens with zero attached hydrogens (tertiary/aromatic N) is 5. The fourth-order valence-corrected chi connectivity index (χ4v) is 3.31. The van der Waals surface area contributed by atoms with E-state index in [0.717, 1.165) is 36.5 Å². The molecule has 0 atom stereocenters. The monoisotopic (exact) mass is 381 g/mol. The second-order valence-electron chi connectivity index (χ2n) is 6.74. The van der Waals surface area contributed by atoms with E-state index in [1.165, 1.54) is 5.69 Å². The van der Waals surface area contributed by atoms with Gasteiger partial charge in [0.25, 0.3) is 5.78 Å². The molecule has 2 heterocycles. The molecule has 0 fully saturated rings. The highest BCUT2D eigenvalue weighted by Gasteiger charge is 2.15. The molecule has 1 aromatic carbocycles. The van der Waals surface area contributed by atoms with E-state index in [9.17, 15) is 4.79 Å². The Morgan fingerprint density at radius 2 is 1.96 bits per heavy atom. The van der Waals surface area contributed by atoms with Gasteiger partial charge in [0.15, 0.2) is 0 Å². The van der Waals surface area contributed by atoms with Crippen molar-refractivity contribution < 1.29 is 4.79 Å². The number of rotatable bonds is 8. The van der Waals surface area contributed by atoms with Gasteiger partial charge in [0, 0.05) is 42.3 Å². The van der Waals surface area contributed by atoms with Crippen molar-refractivity contribution in [3.63, 3.8) is 0 Å². The Morgan fingerprint density at radius 1 is 1.21 bits per heavy atom. The van der Waals surface area contributed by atoms with Gasteiger partial charge in [-0.25, -0.2) is 4.98 Å². The number of fused-ring (bicyclic) bond motifs is 1. The van der Waals surface area contributed by atoms with Crippen LogP contribution in [0.1, 0.15) is 30.3 Å². The molecule has 0 unspecified atom stereocenters. The fraction of sp³-hybridized carbons (Fsp3) is 0.400. The number of hydrogen-bond donors (Lipinski definition) is 2. The predicted octanol–water partition coefficient (Wildman–Crippen LogP) is 1.90. The standard InChI is InChI=1S/C20H27N7O/c1-4-26(16-9-6-5-7-10-16)12-8-11-22-18(28)13-17-14(2)23-20-24-19(21)25-27(20)15(17)3/h5-7,9-10H,4,8,11-13H2,1-3H3,(H2,21,25)(H,22,28). The van der Waals surface area contributed by atoms with Gasteiger partial charge in [-0.15, -0.1) is 5.10 Å². The topological polar surface area (TPSA) is 101 Å². The van der Waals surface area contributed by atoms with Gasteiger partial charge >= 0.3 is 0 Å². The van der Waals surface area contributed by atoms with E-state index in [2.05, 4.69) is 44.3 Å². The first-order valence-electron chi connectivity index (χ1n) is 9.54. The van der Waals surface area contributed by atoms with Gasteiger partial charge in [0.05, 0.1) is 6.42 Å². The summed E-state index contributed by atoms with van der Waals surface area (Å²) in [7, 11) is 0. The first kappa shape index (κ1) is 19.6. The zero-order valence-corrected chi connectivity index (χ0v) is 16.6. The van der Waals surface area contributed by atoms with E-state index < -0.39 is 0 Å². The molecular formula is C20H27N7O. The summed E-state index contributed by atoms with van der Waals surface area (Å²) in [5, 5.41) is 7.14. The van der Waals surface area contributed by atoms with Crippen molar-refractivity contribution in [2.75, 3.05) is 30.3 Å². The van der Waals surface area contributed by atoms with Crippen LogP contribution in [-0.4, -0.2) is 45.1 Å². The van der Waals surface area contributed by atoms with Crippen LogP contribution in [0.25, 0.3) is 5.78 Å². The highest BCUT2D eigenvalue weighted by molar-refractivity contribution is 5.79. The van der Waals surface area contributed by atoms with E-state index >= 15 is 0 Å². The number of nitrogens with two attached hydrogens (primary N) is 1. The molecule has 2 aromatic heterocycles. The van der Waals surface area contributed by atoms with E-state index in [0.29, 0.717) is 12.3 Å². The van der Waals surface area contributed by atoms with Gasteiger partial charge in [-0.3, -0.25) is 4.79 Å². The average molecular weight is 381 g/mol. The normalized spacial score (nSPS) is 11.0. The molecule has 3 aromatic rings. The molecule has 0 aliphatic carbocycles. The molecule has 3 rings (SSSR count). The number of nitrogens with one attached hydrogen (secondary N) is 1. The molecule has 8 heteroatoms. The number of anilines is 2. The lowest BCUT2D eigenvalue weighted by Gasteiger charge is -2.23. The molecule has 3 N–H and O–H groups in total. The first-order valence-corrected chi connectivity index (χ1v) is 9.54. The molecule has 0 aliphatic rings. The number of hydrogen-bond acceptors (Lipinski definition) is 6. The summed E-state index contributed by atoms with van der Waals surface area (Å²) in [6, 6.07) is 10.3. The van der Waals surface area contributed by atoms with E-state index in [4.69, 9.17) is 5.73 Å². The van der Waals surface area contributed by atoms with Crippen molar-refractivity contribution in [1.29, 1.82) is 0 Å². The van der Waals surface area contributed by atoms with Gasteiger partial charge in [0.1, 0.15) is 0 Å². The summed E-state index contributed by atoms with van der Waals surface area (Å²) >= 11 is 0. The van der Waals surface area contributed by atoms with Crippen LogP contribution in [0.3, 0.4) is 0 Å². The van der Waals surface area contributed by atoms with Crippen molar-refractivity contribution in [3.05, 3.63) is 47.3 Å². The van der Waals surface area contributed by atoms with Crippen LogP contribution in [0.4, 0.5) is 11.6 Å². The zero-order chi connectivity index (χ0) is 20.1. The second-order valence-corrected chi connectivity index (χ2v) is 6.74. The van der Waals surface area contributed by atoms with Crippen molar-refractivity contribution in [1.82, 2.24) is 24.9 Å². The fourth-order valence-electron chi connectivity index (χ4n) is 3.31. The lowest BCUT2D eigenvalue weighted by molar-refractivity contribution is -0.120. The highest BCUT2D eigenvalue weighted by Crippen LogP contribution is 2.15. The number of nitrogen functional groups attached to an aromatic ring is 1. The first-order chi connectivity index (χ1) is 13.5. The van der Waals surface area contributed by atoms with Gasteiger partial charge < -0.3 is 16.0 Å². The Labute approximate surface area is 164 Å². The maximum absolute atomic E-state index is 12.4. The lowest BCUT2D eigenvalue weighted by Crippen LogP contribution is -2.31. The molecule has 0 saturated heterocycles. The number of amides is 1. The Kier molecular flexibility index (Phi) is 6.08. The van der Waals surface area contributed by atoms with Crippen molar-refractivity contribution in [2.45, 2.75) is 33.6 Å². The summed E-state index contributed by atoms with van der Waals surface area (Å²) in [5.41, 5.74) is 9.32. The second kappa shape index (κ2) is 8.69. The summed E-state index contributed by atoms with van der Waals surface area (Å²) in [5.74, 6) is 0.607. The van der Waals surface area contributed by atoms with E-state index in [1.807, 2.05) is 32.0 Å². The summed E-state index contributed by atoms with van der Waals surface area (Å²) in [4.78, 5) is 23.2. The predicted molar refractivity (Wildman–Crippen MR) is 110 cm³/mol. The summed E-state index contributed by atoms with van der Waals surface area (Å²) in [6.07, 6.45) is 1.14.